The molecule has 0 fully saturated rings. The van der Waals surface area contributed by atoms with Gasteiger partial charge < -0.3 is 8.83 Å². The highest BCUT2D eigenvalue weighted by atomic mass is 32.1. The predicted molar refractivity (Wildman–Crippen MR) is 96.7 cm³/mol. The lowest BCUT2D eigenvalue weighted by molar-refractivity contribution is 0.102. The Morgan fingerprint density at radius 3 is 2.48 bits per heavy atom. The summed E-state index contributed by atoms with van der Waals surface area (Å²) in [6.07, 6.45) is 3.19. The molecule has 3 heterocycles. The smallest absolute Gasteiger partial charge is 0.257 e. The zero-order valence-electron chi connectivity index (χ0n) is 13.4. The summed E-state index contributed by atoms with van der Waals surface area (Å²) in [5.74, 6) is 1.10. The molecular weight excluding hydrogens is 336 g/mol. The van der Waals surface area contributed by atoms with Gasteiger partial charge >= 0.3 is 0 Å². The molecule has 3 aromatic heterocycles. The molecule has 0 bridgehead atoms. The fourth-order valence-electron chi connectivity index (χ4n) is 2.48. The van der Waals surface area contributed by atoms with Gasteiger partial charge in [0.2, 0.25) is 0 Å². The molecule has 0 saturated heterocycles. The number of amides is 1. The van der Waals surface area contributed by atoms with Crippen LogP contribution in [0.5, 0.6) is 0 Å². The Hall–Kier alpha value is -3.12. The summed E-state index contributed by atoms with van der Waals surface area (Å²) in [6, 6.07) is 14.7. The lowest BCUT2D eigenvalue weighted by Crippen LogP contribution is -2.11. The number of nitrogens with zero attached hydrogens (tertiary/aromatic N) is 1. The van der Waals surface area contributed by atoms with Gasteiger partial charge in [-0.05, 0) is 43.3 Å². The highest BCUT2D eigenvalue weighted by molar-refractivity contribution is 7.19. The van der Waals surface area contributed by atoms with Crippen molar-refractivity contribution in [1.82, 2.24) is 4.98 Å². The topological polar surface area (TPSA) is 68.3 Å². The molecule has 4 aromatic rings. The van der Waals surface area contributed by atoms with Crippen LogP contribution in [-0.4, -0.2) is 10.9 Å². The molecule has 1 aromatic carbocycles. The number of aromatic nitrogens is 1. The molecule has 1 N–H and O–H groups in total. The number of aryl methyl sites for hydroxylation is 1. The van der Waals surface area contributed by atoms with E-state index in [-0.39, 0.29) is 5.91 Å². The van der Waals surface area contributed by atoms with Gasteiger partial charge in [-0.1, -0.05) is 29.0 Å². The molecule has 0 aliphatic rings. The largest absolute Gasteiger partial charge is 0.463 e. The Morgan fingerprint density at radius 1 is 1.04 bits per heavy atom. The molecule has 0 aliphatic carbocycles. The summed E-state index contributed by atoms with van der Waals surface area (Å²) < 4.78 is 11.0. The minimum absolute atomic E-state index is 0.200. The maximum absolute atomic E-state index is 12.5. The third-order valence-corrected chi connectivity index (χ3v) is 4.61. The fourth-order valence-corrected chi connectivity index (χ4v) is 3.42. The molecule has 0 atom stereocenters. The maximum Gasteiger partial charge on any atom is 0.257 e. The molecule has 5 nitrogen and oxygen atoms in total. The molecular formula is C19H14N2O3S. The summed E-state index contributed by atoms with van der Waals surface area (Å²) in [5, 5.41) is 3.35. The molecule has 0 aliphatic heterocycles. The zero-order valence-corrected chi connectivity index (χ0v) is 14.2. The van der Waals surface area contributed by atoms with Crippen molar-refractivity contribution in [3.63, 3.8) is 0 Å². The van der Waals surface area contributed by atoms with Crippen molar-refractivity contribution in [2.45, 2.75) is 6.92 Å². The second kappa shape index (κ2) is 6.41. The molecule has 1 amide bonds. The third kappa shape index (κ3) is 3.12. The van der Waals surface area contributed by atoms with Crippen molar-refractivity contribution in [3.05, 3.63) is 72.2 Å². The minimum Gasteiger partial charge on any atom is -0.463 e. The first-order valence-corrected chi connectivity index (χ1v) is 8.49. The van der Waals surface area contributed by atoms with Crippen LogP contribution in [0, 0.1) is 6.92 Å². The summed E-state index contributed by atoms with van der Waals surface area (Å²) in [6.45, 7) is 1.95. The first kappa shape index (κ1) is 15.4. The second-order valence-electron chi connectivity index (χ2n) is 5.47. The Bertz CT molecular complexity index is 950. The Morgan fingerprint density at radius 2 is 1.80 bits per heavy atom. The molecule has 6 heteroatoms. The normalized spacial score (nSPS) is 10.8. The summed E-state index contributed by atoms with van der Waals surface area (Å²) in [7, 11) is 0. The van der Waals surface area contributed by atoms with E-state index in [2.05, 4.69) is 10.3 Å². The van der Waals surface area contributed by atoms with Crippen LogP contribution in [0.1, 0.15) is 15.9 Å². The summed E-state index contributed by atoms with van der Waals surface area (Å²) >= 11 is 1.35. The third-order valence-electron chi connectivity index (χ3n) is 3.63. The highest BCUT2D eigenvalue weighted by Gasteiger charge is 2.20. The van der Waals surface area contributed by atoms with E-state index < -0.39 is 0 Å². The Labute approximate surface area is 147 Å². The first-order valence-electron chi connectivity index (χ1n) is 7.67. The van der Waals surface area contributed by atoms with Crippen LogP contribution >= 0.6 is 11.3 Å². The standard InChI is InChI=1S/C19H14N2O3S/c1-12-5-2-6-13(11-12)18(22)21-19-20-16(14-7-3-9-23-14)17(25-19)15-8-4-10-24-15/h2-11H,1H3,(H,20,21,22). The SMILES string of the molecule is Cc1cccc(C(=O)Nc2nc(-c3ccco3)c(-c3ccco3)s2)c1. The van der Waals surface area contributed by atoms with Crippen LogP contribution in [0.2, 0.25) is 0 Å². The predicted octanol–water partition coefficient (Wildman–Crippen LogP) is 5.22. The second-order valence-corrected chi connectivity index (χ2v) is 6.47. The lowest BCUT2D eigenvalue weighted by Gasteiger charge is -2.02. The first-order chi connectivity index (χ1) is 12.2. The number of anilines is 1. The van der Waals surface area contributed by atoms with Crippen molar-refractivity contribution >= 4 is 22.4 Å². The zero-order chi connectivity index (χ0) is 17.2. The summed E-state index contributed by atoms with van der Waals surface area (Å²) in [4.78, 5) is 17.8. The molecule has 0 radical (unpaired) electrons. The van der Waals surface area contributed by atoms with Crippen LogP contribution in [-0.2, 0) is 0 Å². The molecule has 0 unspecified atom stereocenters. The number of hydrogen-bond acceptors (Lipinski definition) is 5. The lowest BCUT2D eigenvalue weighted by atomic mass is 10.1. The van der Waals surface area contributed by atoms with Crippen molar-refractivity contribution in [2.75, 3.05) is 5.32 Å². The molecule has 25 heavy (non-hydrogen) atoms. The van der Waals surface area contributed by atoms with E-state index in [0.29, 0.717) is 27.9 Å². The van der Waals surface area contributed by atoms with E-state index in [1.54, 1.807) is 24.7 Å². The minimum atomic E-state index is -0.200. The molecule has 0 saturated carbocycles. The number of rotatable bonds is 4. The van der Waals surface area contributed by atoms with Crippen LogP contribution in [0.3, 0.4) is 0 Å². The van der Waals surface area contributed by atoms with Gasteiger partial charge in [0.1, 0.15) is 16.3 Å². The number of nitrogens with one attached hydrogen (secondary N) is 1. The van der Waals surface area contributed by atoms with Crippen molar-refractivity contribution in [3.8, 4) is 22.1 Å². The number of benzene rings is 1. The molecule has 124 valence electrons. The quantitative estimate of drug-likeness (QED) is 0.547. The van der Waals surface area contributed by atoms with Crippen LogP contribution in [0.15, 0.2) is 69.9 Å². The van der Waals surface area contributed by atoms with Gasteiger partial charge in [0.05, 0.1) is 12.5 Å². The molecule has 4 rings (SSSR count). The average Bonchev–Trinajstić information content (AvgIpc) is 3.35. The van der Waals surface area contributed by atoms with Gasteiger partial charge in [-0.15, -0.1) is 0 Å². The monoisotopic (exact) mass is 350 g/mol. The highest BCUT2D eigenvalue weighted by Crippen LogP contribution is 2.39. The van der Waals surface area contributed by atoms with Crippen LogP contribution in [0.4, 0.5) is 5.13 Å². The number of carbonyl (C=O) groups is 1. The number of hydrogen-bond donors (Lipinski definition) is 1. The van der Waals surface area contributed by atoms with E-state index in [1.165, 1.54) is 11.3 Å². The number of thiazole rings is 1. The van der Waals surface area contributed by atoms with E-state index in [4.69, 9.17) is 8.83 Å². The van der Waals surface area contributed by atoms with Gasteiger partial charge in [0.15, 0.2) is 10.9 Å². The Kier molecular flexibility index (Phi) is 3.95. The maximum atomic E-state index is 12.5. The van der Waals surface area contributed by atoms with Crippen LogP contribution in [0.25, 0.3) is 22.1 Å². The van der Waals surface area contributed by atoms with Gasteiger partial charge in [0, 0.05) is 5.56 Å². The average molecular weight is 350 g/mol. The van der Waals surface area contributed by atoms with Crippen molar-refractivity contribution in [1.29, 1.82) is 0 Å². The van der Waals surface area contributed by atoms with Gasteiger partial charge in [-0.25, -0.2) is 4.98 Å². The molecule has 0 spiro atoms. The van der Waals surface area contributed by atoms with Crippen molar-refractivity contribution in [2.24, 2.45) is 0 Å². The van der Waals surface area contributed by atoms with Crippen molar-refractivity contribution < 1.29 is 13.6 Å². The van der Waals surface area contributed by atoms with E-state index in [0.717, 1.165) is 10.4 Å². The fraction of sp³-hybridized carbons (Fsp3) is 0.0526. The van der Waals surface area contributed by atoms with E-state index in [1.807, 2.05) is 43.3 Å². The van der Waals surface area contributed by atoms with Gasteiger partial charge in [-0.3, -0.25) is 10.1 Å². The number of carbonyl (C=O) groups excluding carboxylic acids is 1. The number of furan rings is 2. The van der Waals surface area contributed by atoms with Crippen LogP contribution < -0.4 is 5.32 Å². The Balaban J connectivity index is 1.69. The summed E-state index contributed by atoms with van der Waals surface area (Å²) in [5.41, 5.74) is 2.26. The van der Waals surface area contributed by atoms with E-state index >= 15 is 0 Å². The van der Waals surface area contributed by atoms with E-state index in [9.17, 15) is 4.79 Å². The van der Waals surface area contributed by atoms with Gasteiger partial charge in [0.25, 0.3) is 5.91 Å². The van der Waals surface area contributed by atoms with Gasteiger partial charge in [-0.2, -0.15) is 0 Å².